The average Bonchev–Trinajstić information content (AvgIpc) is 3.03. The van der Waals surface area contributed by atoms with Gasteiger partial charge in [0, 0.05) is 23.5 Å². The highest BCUT2D eigenvalue weighted by Crippen LogP contribution is 2.27. The van der Waals surface area contributed by atoms with Crippen molar-refractivity contribution in [1.29, 1.82) is 0 Å². The van der Waals surface area contributed by atoms with Crippen LogP contribution in [-0.2, 0) is 32.6 Å². The first-order valence-corrected chi connectivity index (χ1v) is 17.3. The number of carbonyl (C=O) groups excluding carboxylic acids is 2. The van der Waals surface area contributed by atoms with Crippen molar-refractivity contribution in [3.8, 4) is 5.75 Å². The molecule has 0 fully saturated rings. The number of halogens is 1. The molecule has 1 N–H and O–H groups in total. The second-order valence-electron chi connectivity index (χ2n) is 12.3. The van der Waals surface area contributed by atoms with Crippen LogP contribution in [0, 0.1) is 6.92 Å². The van der Waals surface area contributed by atoms with E-state index in [1.807, 2.05) is 65.0 Å². The molecule has 4 rings (SSSR count). The van der Waals surface area contributed by atoms with Crippen LogP contribution in [0.1, 0.15) is 44.4 Å². The van der Waals surface area contributed by atoms with E-state index >= 15 is 0 Å². The number of hydrogen-bond donors (Lipinski definition) is 1. The third-order valence-corrected chi connectivity index (χ3v) is 9.40. The minimum absolute atomic E-state index is 0.00453. The minimum atomic E-state index is -4.23. The minimum Gasteiger partial charge on any atom is -0.494 e. The summed E-state index contributed by atoms with van der Waals surface area (Å²) in [6.07, 6.45) is 0.220. The Kier molecular flexibility index (Phi) is 11.7. The second kappa shape index (κ2) is 15.5. The van der Waals surface area contributed by atoms with E-state index in [1.165, 1.54) is 17.0 Å². The topological polar surface area (TPSA) is 96.0 Å². The summed E-state index contributed by atoms with van der Waals surface area (Å²) in [6, 6.07) is 28.5. The molecule has 4 aromatic rings. The van der Waals surface area contributed by atoms with Crippen molar-refractivity contribution in [2.75, 3.05) is 17.5 Å². The van der Waals surface area contributed by atoms with E-state index in [0.717, 1.165) is 21.0 Å². The molecule has 4 aromatic carbocycles. The van der Waals surface area contributed by atoms with Gasteiger partial charge in [-0.25, -0.2) is 8.42 Å². The zero-order chi connectivity index (χ0) is 34.2. The van der Waals surface area contributed by atoms with Gasteiger partial charge in [0.15, 0.2) is 0 Å². The first-order valence-electron chi connectivity index (χ1n) is 15.5. The fourth-order valence-corrected chi connectivity index (χ4v) is 6.58. The molecule has 0 saturated heterocycles. The molecule has 1 atom stereocenters. The number of nitrogens with zero attached hydrogens (tertiary/aromatic N) is 2. The maximum atomic E-state index is 14.6. The number of carbonyl (C=O) groups is 2. The van der Waals surface area contributed by atoms with Gasteiger partial charge in [0.1, 0.15) is 18.3 Å². The average molecular weight is 676 g/mol. The number of hydrogen-bond acceptors (Lipinski definition) is 5. The summed E-state index contributed by atoms with van der Waals surface area (Å²) in [5.41, 5.74) is 2.27. The normalized spacial score (nSPS) is 12.2. The first kappa shape index (κ1) is 35.5. The number of ether oxygens (including phenoxy) is 1. The summed E-state index contributed by atoms with van der Waals surface area (Å²) in [5, 5.41) is 3.57. The van der Waals surface area contributed by atoms with Gasteiger partial charge in [-0.3, -0.25) is 13.9 Å². The van der Waals surface area contributed by atoms with E-state index in [-0.39, 0.29) is 23.8 Å². The first-order chi connectivity index (χ1) is 22.3. The fraction of sp³-hybridized carbons (Fsp3) is 0.297. The van der Waals surface area contributed by atoms with E-state index in [2.05, 4.69) is 5.32 Å². The van der Waals surface area contributed by atoms with Crippen LogP contribution >= 0.6 is 11.6 Å². The molecule has 0 saturated carbocycles. The van der Waals surface area contributed by atoms with E-state index in [0.29, 0.717) is 23.1 Å². The van der Waals surface area contributed by atoms with E-state index in [4.69, 9.17) is 16.3 Å². The number of nitrogens with one attached hydrogen (secondary N) is 1. The molecule has 0 aliphatic carbocycles. The van der Waals surface area contributed by atoms with Crippen LogP contribution in [-0.4, -0.2) is 49.9 Å². The van der Waals surface area contributed by atoms with Gasteiger partial charge in [-0.15, -0.1) is 0 Å². The summed E-state index contributed by atoms with van der Waals surface area (Å²) < 4.78 is 35.1. The highest BCUT2D eigenvalue weighted by molar-refractivity contribution is 7.92. The Labute approximate surface area is 283 Å². The van der Waals surface area contributed by atoms with Crippen LogP contribution in [0.4, 0.5) is 5.69 Å². The van der Waals surface area contributed by atoms with Crippen LogP contribution in [0.25, 0.3) is 0 Å². The maximum Gasteiger partial charge on any atom is 0.264 e. The Balaban J connectivity index is 1.80. The van der Waals surface area contributed by atoms with Crippen LogP contribution in [0.5, 0.6) is 5.75 Å². The molecule has 248 valence electrons. The van der Waals surface area contributed by atoms with Crippen LogP contribution in [0.3, 0.4) is 0 Å². The molecule has 0 spiro atoms. The Morgan fingerprint density at radius 1 is 0.851 bits per heavy atom. The highest BCUT2D eigenvalue weighted by Gasteiger charge is 2.35. The molecule has 0 bridgehead atoms. The van der Waals surface area contributed by atoms with E-state index in [1.54, 1.807) is 60.7 Å². The van der Waals surface area contributed by atoms with Crippen molar-refractivity contribution in [2.45, 2.75) is 64.1 Å². The molecule has 10 heteroatoms. The van der Waals surface area contributed by atoms with Gasteiger partial charge in [0.25, 0.3) is 10.0 Å². The second-order valence-corrected chi connectivity index (χ2v) is 14.6. The third kappa shape index (κ3) is 9.83. The molecule has 8 nitrogen and oxygen atoms in total. The monoisotopic (exact) mass is 675 g/mol. The number of benzene rings is 4. The SMILES string of the molecule is CCOc1ccc(S(=O)(=O)N(CC(=O)N(Cc2ccc(Cl)cc2)C(Cc2ccccc2)C(=O)NC(C)(C)C)c2ccc(C)cc2)cc1. The lowest BCUT2D eigenvalue weighted by atomic mass is 10.0. The molecule has 0 aliphatic heterocycles. The summed E-state index contributed by atoms with van der Waals surface area (Å²) in [7, 11) is -4.23. The predicted molar refractivity (Wildman–Crippen MR) is 187 cm³/mol. The van der Waals surface area contributed by atoms with Gasteiger partial charge in [-0.1, -0.05) is 71.8 Å². The number of rotatable bonds is 13. The predicted octanol–water partition coefficient (Wildman–Crippen LogP) is 6.80. The standard InChI is InChI=1S/C37H42ClN3O5S/c1-6-46-32-20-22-33(23-21-32)47(44,45)41(31-18-12-27(2)13-19-31)26-35(42)40(25-29-14-16-30(38)17-15-29)34(36(43)39-37(3,4)5)24-28-10-8-7-9-11-28/h7-23,34H,6,24-26H2,1-5H3,(H,39,43). The lowest BCUT2D eigenvalue weighted by Crippen LogP contribution is -2.56. The third-order valence-electron chi connectivity index (χ3n) is 7.36. The van der Waals surface area contributed by atoms with Crippen molar-refractivity contribution in [3.63, 3.8) is 0 Å². The van der Waals surface area contributed by atoms with Gasteiger partial charge in [-0.05, 0) is 94.3 Å². The molecule has 47 heavy (non-hydrogen) atoms. The van der Waals surface area contributed by atoms with E-state index in [9.17, 15) is 18.0 Å². The largest absolute Gasteiger partial charge is 0.494 e. The molecular formula is C37H42ClN3O5S. The van der Waals surface area contributed by atoms with Crippen molar-refractivity contribution < 1.29 is 22.7 Å². The Morgan fingerprint density at radius 3 is 2.04 bits per heavy atom. The smallest absolute Gasteiger partial charge is 0.264 e. The number of anilines is 1. The molecule has 0 aromatic heterocycles. The van der Waals surface area contributed by atoms with Crippen molar-refractivity contribution in [3.05, 3.63) is 125 Å². The number of amides is 2. The zero-order valence-corrected chi connectivity index (χ0v) is 29.0. The fourth-order valence-electron chi connectivity index (χ4n) is 5.03. The molecule has 0 radical (unpaired) electrons. The summed E-state index contributed by atoms with van der Waals surface area (Å²) in [6.45, 7) is 9.31. The van der Waals surface area contributed by atoms with Crippen molar-refractivity contribution >= 4 is 39.1 Å². The molecule has 0 heterocycles. The lowest BCUT2D eigenvalue weighted by molar-refractivity contribution is -0.140. The highest BCUT2D eigenvalue weighted by atomic mass is 35.5. The molecular weight excluding hydrogens is 634 g/mol. The van der Waals surface area contributed by atoms with Crippen LogP contribution in [0.15, 0.2) is 108 Å². The number of sulfonamides is 1. The van der Waals surface area contributed by atoms with Crippen LogP contribution < -0.4 is 14.4 Å². The summed E-state index contributed by atoms with van der Waals surface area (Å²) in [4.78, 5) is 30.0. The summed E-state index contributed by atoms with van der Waals surface area (Å²) >= 11 is 6.16. The zero-order valence-electron chi connectivity index (χ0n) is 27.4. The Morgan fingerprint density at radius 2 is 1.47 bits per heavy atom. The van der Waals surface area contributed by atoms with Gasteiger partial charge >= 0.3 is 0 Å². The van der Waals surface area contributed by atoms with Crippen molar-refractivity contribution in [1.82, 2.24) is 10.2 Å². The van der Waals surface area contributed by atoms with Crippen molar-refractivity contribution in [2.24, 2.45) is 0 Å². The van der Waals surface area contributed by atoms with Gasteiger partial charge < -0.3 is 15.0 Å². The lowest BCUT2D eigenvalue weighted by Gasteiger charge is -2.35. The molecule has 1 unspecified atom stereocenters. The summed E-state index contributed by atoms with van der Waals surface area (Å²) in [5.74, 6) is -0.355. The van der Waals surface area contributed by atoms with Crippen LogP contribution in [0.2, 0.25) is 5.02 Å². The van der Waals surface area contributed by atoms with Gasteiger partial charge in [0.05, 0.1) is 17.2 Å². The maximum absolute atomic E-state index is 14.6. The number of aryl methyl sites for hydroxylation is 1. The molecule has 2 amide bonds. The van der Waals surface area contributed by atoms with Gasteiger partial charge in [0.2, 0.25) is 11.8 Å². The van der Waals surface area contributed by atoms with Gasteiger partial charge in [-0.2, -0.15) is 0 Å². The molecule has 0 aliphatic rings. The Hall–Kier alpha value is -4.34. The Bertz CT molecular complexity index is 1740. The quantitative estimate of drug-likeness (QED) is 0.168. The van der Waals surface area contributed by atoms with E-state index < -0.39 is 34.1 Å².